The van der Waals surface area contributed by atoms with Gasteiger partial charge in [-0.05, 0) is 51.0 Å². The number of nitrogens with zero attached hydrogens (tertiary/aromatic N) is 1. The van der Waals surface area contributed by atoms with E-state index in [1.54, 1.807) is 33.8 Å². The van der Waals surface area contributed by atoms with E-state index in [1.807, 2.05) is 0 Å². The Kier molecular flexibility index (Phi) is 4.87. The highest BCUT2D eigenvalue weighted by Crippen LogP contribution is 2.22. The molecule has 1 unspecified atom stereocenters. The number of ether oxygens (including phenoxy) is 1. The van der Waals surface area contributed by atoms with Crippen LogP contribution >= 0.6 is 0 Å². The molecule has 20 heavy (non-hydrogen) atoms. The van der Waals surface area contributed by atoms with Crippen LogP contribution in [0.25, 0.3) is 0 Å². The first-order chi connectivity index (χ1) is 9.14. The number of rotatable bonds is 3. The van der Waals surface area contributed by atoms with Gasteiger partial charge in [0.25, 0.3) is 0 Å². The molecule has 0 spiro atoms. The van der Waals surface area contributed by atoms with Crippen molar-refractivity contribution in [3.63, 3.8) is 0 Å². The number of carbonyl (C=O) groups is 2. The monoisotopic (exact) mass is 281 g/mol. The topological polar surface area (TPSA) is 46.6 Å². The lowest BCUT2D eigenvalue weighted by Gasteiger charge is -2.28. The first-order valence-corrected chi connectivity index (χ1v) is 6.32. The number of aryl methyl sites for hydroxylation is 1. The minimum Gasteiger partial charge on any atom is -0.444 e. The Hall–Kier alpha value is -1.91. The predicted octanol–water partition coefficient (Wildman–Crippen LogP) is 3.24. The van der Waals surface area contributed by atoms with Crippen molar-refractivity contribution < 1.29 is 18.7 Å². The fraction of sp³-hybridized carbons (Fsp3) is 0.467. The third kappa shape index (κ3) is 4.33. The normalized spacial score (nSPS) is 12.7. The van der Waals surface area contributed by atoms with Crippen molar-refractivity contribution in [1.82, 2.24) is 4.90 Å². The summed E-state index contributed by atoms with van der Waals surface area (Å²) < 4.78 is 18.6. The minimum atomic E-state index is -0.876. The van der Waals surface area contributed by atoms with E-state index in [0.717, 1.165) is 4.90 Å². The average molecular weight is 281 g/mol. The lowest BCUT2D eigenvalue weighted by molar-refractivity contribution is -0.112. The SMILES string of the molecule is Cc1cc(F)cc(C(C=O)N(C)C(=O)OC(C)(C)C)c1. The van der Waals surface area contributed by atoms with Crippen LogP contribution in [-0.2, 0) is 9.53 Å². The molecule has 0 bridgehead atoms. The standard InChI is InChI=1S/C15H20FNO3/c1-10-6-11(8-12(16)7-10)13(9-18)17(5)14(19)20-15(2,3)4/h6-9,13H,1-5H3. The Bertz CT molecular complexity index is 488. The quantitative estimate of drug-likeness (QED) is 0.799. The van der Waals surface area contributed by atoms with Gasteiger partial charge in [-0.2, -0.15) is 0 Å². The van der Waals surface area contributed by atoms with Gasteiger partial charge in [0, 0.05) is 7.05 Å². The molecule has 0 saturated heterocycles. The number of likely N-dealkylation sites (N-methyl/N-ethyl adjacent to an activating group) is 1. The highest BCUT2D eigenvalue weighted by Gasteiger charge is 2.26. The molecule has 0 fully saturated rings. The van der Waals surface area contributed by atoms with Crippen LogP contribution in [0.1, 0.15) is 37.9 Å². The van der Waals surface area contributed by atoms with Crippen LogP contribution in [0.4, 0.5) is 9.18 Å². The molecule has 1 rings (SSSR count). The van der Waals surface area contributed by atoms with Gasteiger partial charge in [-0.25, -0.2) is 9.18 Å². The molecule has 0 saturated carbocycles. The van der Waals surface area contributed by atoms with Gasteiger partial charge < -0.3 is 9.53 Å². The molecule has 0 aliphatic carbocycles. The smallest absolute Gasteiger partial charge is 0.410 e. The van der Waals surface area contributed by atoms with E-state index in [9.17, 15) is 14.0 Å². The Morgan fingerprint density at radius 2 is 1.95 bits per heavy atom. The number of carbonyl (C=O) groups excluding carboxylic acids is 2. The molecule has 110 valence electrons. The molecule has 1 amide bonds. The van der Waals surface area contributed by atoms with E-state index in [1.165, 1.54) is 19.2 Å². The Labute approximate surface area is 118 Å². The largest absolute Gasteiger partial charge is 0.444 e. The second-order valence-electron chi connectivity index (χ2n) is 5.73. The maximum atomic E-state index is 13.4. The van der Waals surface area contributed by atoms with E-state index in [2.05, 4.69) is 0 Å². The molecule has 1 atom stereocenters. The third-order valence-corrected chi connectivity index (χ3v) is 2.63. The van der Waals surface area contributed by atoms with Crippen LogP contribution in [0.5, 0.6) is 0 Å². The Morgan fingerprint density at radius 1 is 1.35 bits per heavy atom. The summed E-state index contributed by atoms with van der Waals surface area (Å²) in [6.07, 6.45) is -0.0329. The van der Waals surface area contributed by atoms with Crippen molar-refractivity contribution in [3.05, 3.63) is 35.1 Å². The third-order valence-electron chi connectivity index (χ3n) is 2.63. The number of hydrogen-bond donors (Lipinski definition) is 0. The summed E-state index contributed by atoms with van der Waals surface area (Å²) in [6, 6.07) is 3.40. The van der Waals surface area contributed by atoms with Crippen molar-refractivity contribution in [1.29, 1.82) is 0 Å². The maximum absolute atomic E-state index is 13.4. The molecular weight excluding hydrogens is 261 g/mol. The molecule has 4 nitrogen and oxygen atoms in total. The number of hydrogen-bond acceptors (Lipinski definition) is 3. The minimum absolute atomic E-state index is 0.422. The van der Waals surface area contributed by atoms with Crippen LogP contribution < -0.4 is 0 Å². The number of halogens is 1. The van der Waals surface area contributed by atoms with Crippen molar-refractivity contribution in [2.45, 2.75) is 39.3 Å². The van der Waals surface area contributed by atoms with Gasteiger partial charge in [-0.1, -0.05) is 6.07 Å². The zero-order valence-electron chi connectivity index (χ0n) is 12.4. The molecule has 1 aromatic rings. The summed E-state index contributed by atoms with van der Waals surface area (Å²) in [7, 11) is 1.45. The molecule has 1 aromatic carbocycles. The Morgan fingerprint density at radius 3 is 2.40 bits per heavy atom. The summed E-state index contributed by atoms with van der Waals surface area (Å²) in [5, 5.41) is 0. The fourth-order valence-corrected chi connectivity index (χ4v) is 1.78. The van der Waals surface area contributed by atoms with Crippen LogP contribution in [0.2, 0.25) is 0 Å². The highest BCUT2D eigenvalue weighted by molar-refractivity contribution is 5.74. The van der Waals surface area contributed by atoms with E-state index >= 15 is 0 Å². The van der Waals surface area contributed by atoms with Crippen molar-refractivity contribution in [2.75, 3.05) is 7.05 Å². The summed E-state index contributed by atoms with van der Waals surface area (Å²) in [6.45, 7) is 6.94. The zero-order chi connectivity index (χ0) is 15.5. The van der Waals surface area contributed by atoms with Crippen molar-refractivity contribution >= 4 is 12.4 Å². The molecule has 0 heterocycles. The van der Waals surface area contributed by atoms with E-state index in [-0.39, 0.29) is 0 Å². The van der Waals surface area contributed by atoms with Gasteiger partial charge >= 0.3 is 6.09 Å². The molecule has 0 aliphatic rings. The van der Waals surface area contributed by atoms with Gasteiger partial charge in [0.15, 0.2) is 0 Å². The molecule has 0 radical (unpaired) electrons. The number of benzene rings is 1. The molecule has 0 aromatic heterocycles. The van der Waals surface area contributed by atoms with E-state index < -0.39 is 23.6 Å². The Balaban J connectivity index is 3.00. The first kappa shape index (κ1) is 16.1. The first-order valence-electron chi connectivity index (χ1n) is 6.32. The lowest BCUT2D eigenvalue weighted by atomic mass is 10.0. The van der Waals surface area contributed by atoms with Crippen molar-refractivity contribution in [2.24, 2.45) is 0 Å². The second-order valence-corrected chi connectivity index (χ2v) is 5.73. The van der Waals surface area contributed by atoms with Crippen LogP contribution in [0.15, 0.2) is 18.2 Å². The van der Waals surface area contributed by atoms with Gasteiger partial charge in [0.2, 0.25) is 0 Å². The summed E-state index contributed by atoms with van der Waals surface area (Å²) >= 11 is 0. The number of amides is 1. The van der Waals surface area contributed by atoms with E-state index in [4.69, 9.17) is 4.74 Å². The maximum Gasteiger partial charge on any atom is 0.410 e. The molecule has 0 aliphatic heterocycles. The second kappa shape index (κ2) is 6.03. The van der Waals surface area contributed by atoms with Gasteiger partial charge in [-0.15, -0.1) is 0 Å². The average Bonchev–Trinajstić information content (AvgIpc) is 2.26. The summed E-state index contributed by atoms with van der Waals surface area (Å²) in [4.78, 5) is 24.4. The fourth-order valence-electron chi connectivity index (χ4n) is 1.78. The van der Waals surface area contributed by atoms with E-state index in [0.29, 0.717) is 17.4 Å². The molecular formula is C15H20FNO3. The predicted molar refractivity (Wildman–Crippen MR) is 73.9 cm³/mol. The van der Waals surface area contributed by atoms with Crippen LogP contribution in [0, 0.1) is 12.7 Å². The van der Waals surface area contributed by atoms with Gasteiger partial charge in [-0.3, -0.25) is 4.90 Å². The number of aldehydes is 1. The summed E-state index contributed by atoms with van der Waals surface area (Å²) in [5.74, 6) is -0.440. The van der Waals surface area contributed by atoms with Crippen LogP contribution in [-0.4, -0.2) is 29.9 Å². The van der Waals surface area contributed by atoms with Gasteiger partial charge in [0.05, 0.1) is 0 Å². The highest BCUT2D eigenvalue weighted by atomic mass is 19.1. The lowest BCUT2D eigenvalue weighted by Crippen LogP contribution is -2.37. The van der Waals surface area contributed by atoms with Crippen LogP contribution in [0.3, 0.4) is 0 Å². The molecule has 5 heteroatoms. The summed E-state index contributed by atoms with van der Waals surface area (Å²) in [5.41, 5.74) is 0.451. The van der Waals surface area contributed by atoms with Gasteiger partial charge in [0.1, 0.15) is 23.7 Å². The van der Waals surface area contributed by atoms with Crippen molar-refractivity contribution in [3.8, 4) is 0 Å². The molecule has 0 N–H and O–H groups in total. The zero-order valence-corrected chi connectivity index (χ0v) is 12.4.